The number of thiophene rings is 1. The zero-order valence-electron chi connectivity index (χ0n) is 10.0. The molecule has 3 aromatic heterocycles. The minimum absolute atomic E-state index is 0.151. The largest absolute Gasteiger partial charge is 0.351 e. The SMILES string of the molecule is Cc1[nH]nc(NC(=O)c2ccno2)c1-c1cccs1. The summed E-state index contributed by atoms with van der Waals surface area (Å²) in [6.07, 6.45) is 1.42. The minimum atomic E-state index is -0.373. The molecule has 6 nitrogen and oxygen atoms in total. The molecule has 7 heteroatoms. The van der Waals surface area contributed by atoms with Gasteiger partial charge >= 0.3 is 0 Å². The molecule has 0 aliphatic carbocycles. The fourth-order valence-electron chi connectivity index (χ4n) is 1.74. The van der Waals surface area contributed by atoms with Crippen LogP contribution in [0.3, 0.4) is 0 Å². The smallest absolute Gasteiger partial charge is 0.295 e. The van der Waals surface area contributed by atoms with Crippen molar-refractivity contribution >= 4 is 23.1 Å². The van der Waals surface area contributed by atoms with Gasteiger partial charge in [-0.3, -0.25) is 9.89 Å². The third-order valence-corrected chi connectivity index (χ3v) is 3.50. The molecule has 0 spiro atoms. The number of rotatable bonds is 3. The van der Waals surface area contributed by atoms with Crippen LogP contribution in [0.15, 0.2) is 34.3 Å². The molecule has 96 valence electrons. The number of amides is 1. The van der Waals surface area contributed by atoms with Gasteiger partial charge in [0.1, 0.15) is 0 Å². The summed E-state index contributed by atoms with van der Waals surface area (Å²) in [4.78, 5) is 13.0. The molecule has 0 aliphatic rings. The Morgan fingerprint density at radius 2 is 2.37 bits per heavy atom. The Kier molecular flexibility index (Phi) is 2.88. The lowest BCUT2D eigenvalue weighted by Gasteiger charge is -2.02. The molecular formula is C12H10N4O2S. The summed E-state index contributed by atoms with van der Waals surface area (Å²) in [5, 5.41) is 15.2. The molecule has 0 aliphatic heterocycles. The molecule has 3 rings (SSSR count). The maximum Gasteiger partial charge on any atom is 0.295 e. The van der Waals surface area contributed by atoms with Crippen molar-refractivity contribution in [3.8, 4) is 10.4 Å². The third-order valence-electron chi connectivity index (χ3n) is 2.61. The third kappa shape index (κ3) is 2.15. The first-order chi connectivity index (χ1) is 9.25. The summed E-state index contributed by atoms with van der Waals surface area (Å²) >= 11 is 1.59. The molecule has 3 heterocycles. The highest BCUT2D eigenvalue weighted by molar-refractivity contribution is 7.13. The van der Waals surface area contributed by atoms with E-state index in [0.717, 1.165) is 16.1 Å². The molecule has 19 heavy (non-hydrogen) atoms. The van der Waals surface area contributed by atoms with E-state index >= 15 is 0 Å². The fourth-order valence-corrected chi connectivity index (χ4v) is 2.57. The van der Waals surface area contributed by atoms with Crippen molar-refractivity contribution in [2.75, 3.05) is 5.32 Å². The van der Waals surface area contributed by atoms with Crippen LogP contribution in [0.1, 0.15) is 16.2 Å². The van der Waals surface area contributed by atoms with Crippen LogP contribution in [0.2, 0.25) is 0 Å². The van der Waals surface area contributed by atoms with Crippen molar-refractivity contribution in [3.63, 3.8) is 0 Å². The molecule has 0 unspecified atom stereocenters. The molecule has 0 fully saturated rings. The molecule has 0 radical (unpaired) electrons. The van der Waals surface area contributed by atoms with Crippen LogP contribution in [0.5, 0.6) is 0 Å². The highest BCUT2D eigenvalue weighted by Crippen LogP contribution is 2.32. The Labute approximate surface area is 112 Å². The van der Waals surface area contributed by atoms with Gasteiger partial charge in [-0.05, 0) is 18.4 Å². The normalized spacial score (nSPS) is 10.6. The van der Waals surface area contributed by atoms with Crippen molar-refractivity contribution in [1.82, 2.24) is 15.4 Å². The second-order valence-corrected chi connectivity index (χ2v) is 4.83. The lowest BCUT2D eigenvalue weighted by Crippen LogP contribution is -2.11. The van der Waals surface area contributed by atoms with Gasteiger partial charge in [-0.1, -0.05) is 11.2 Å². The van der Waals surface area contributed by atoms with Gasteiger partial charge in [-0.2, -0.15) is 5.10 Å². The number of aromatic nitrogens is 3. The molecular weight excluding hydrogens is 264 g/mol. The van der Waals surface area contributed by atoms with Crippen molar-refractivity contribution in [2.45, 2.75) is 6.92 Å². The number of carbonyl (C=O) groups excluding carboxylic acids is 1. The Bertz CT molecular complexity index is 685. The van der Waals surface area contributed by atoms with E-state index in [-0.39, 0.29) is 11.7 Å². The van der Waals surface area contributed by atoms with E-state index in [2.05, 4.69) is 20.7 Å². The highest BCUT2D eigenvalue weighted by atomic mass is 32.1. The first kappa shape index (κ1) is 11.7. The number of nitrogens with one attached hydrogen (secondary N) is 2. The number of anilines is 1. The van der Waals surface area contributed by atoms with Crippen LogP contribution in [0, 0.1) is 6.92 Å². The zero-order chi connectivity index (χ0) is 13.2. The second-order valence-electron chi connectivity index (χ2n) is 3.88. The summed E-state index contributed by atoms with van der Waals surface area (Å²) in [5.41, 5.74) is 1.79. The van der Waals surface area contributed by atoms with Crippen molar-refractivity contribution < 1.29 is 9.32 Å². The van der Waals surface area contributed by atoms with Gasteiger partial charge in [-0.15, -0.1) is 11.3 Å². The van der Waals surface area contributed by atoms with E-state index in [9.17, 15) is 4.79 Å². The second kappa shape index (κ2) is 4.69. The molecule has 0 aromatic carbocycles. The van der Waals surface area contributed by atoms with Crippen LogP contribution >= 0.6 is 11.3 Å². The monoisotopic (exact) mass is 274 g/mol. The standard InChI is InChI=1S/C12H10N4O2S/c1-7-10(9-3-2-6-19-9)11(16-15-7)14-12(17)8-4-5-13-18-8/h2-6H,1H3,(H2,14,15,16,17). The Hall–Kier alpha value is -2.41. The number of nitrogens with zero attached hydrogens (tertiary/aromatic N) is 2. The fraction of sp³-hybridized carbons (Fsp3) is 0.0833. The van der Waals surface area contributed by atoms with E-state index in [1.807, 2.05) is 24.4 Å². The van der Waals surface area contributed by atoms with E-state index in [1.165, 1.54) is 12.3 Å². The van der Waals surface area contributed by atoms with E-state index in [4.69, 9.17) is 4.52 Å². The minimum Gasteiger partial charge on any atom is -0.351 e. The van der Waals surface area contributed by atoms with Crippen molar-refractivity contribution in [2.24, 2.45) is 0 Å². The molecule has 3 aromatic rings. The van der Waals surface area contributed by atoms with Gasteiger partial charge < -0.3 is 9.84 Å². The Morgan fingerprint density at radius 1 is 1.47 bits per heavy atom. The van der Waals surface area contributed by atoms with E-state index in [1.54, 1.807) is 11.3 Å². The lowest BCUT2D eigenvalue weighted by atomic mass is 10.2. The van der Waals surface area contributed by atoms with Gasteiger partial charge in [0.05, 0.1) is 11.8 Å². The van der Waals surface area contributed by atoms with Crippen LogP contribution in [-0.2, 0) is 0 Å². The molecule has 0 saturated heterocycles. The molecule has 2 N–H and O–H groups in total. The molecule has 0 saturated carbocycles. The summed E-state index contributed by atoms with van der Waals surface area (Å²) < 4.78 is 4.81. The molecule has 0 atom stereocenters. The quantitative estimate of drug-likeness (QED) is 0.769. The van der Waals surface area contributed by atoms with Gasteiger partial charge in [0.25, 0.3) is 5.91 Å². The first-order valence-electron chi connectivity index (χ1n) is 5.56. The average Bonchev–Trinajstić information content (AvgIpc) is 3.09. The number of hydrogen-bond donors (Lipinski definition) is 2. The van der Waals surface area contributed by atoms with E-state index in [0.29, 0.717) is 5.82 Å². The number of H-pyrrole nitrogens is 1. The molecule has 0 bridgehead atoms. The van der Waals surface area contributed by atoms with Crippen LogP contribution < -0.4 is 5.32 Å². The average molecular weight is 274 g/mol. The Balaban J connectivity index is 1.92. The number of carbonyl (C=O) groups is 1. The number of aryl methyl sites for hydroxylation is 1. The van der Waals surface area contributed by atoms with Crippen molar-refractivity contribution in [1.29, 1.82) is 0 Å². The number of aromatic amines is 1. The predicted octanol–water partition coefficient (Wildman–Crippen LogP) is 2.69. The van der Waals surface area contributed by atoms with Crippen LogP contribution in [0.4, 0.5) is 5.82 Å². The summed E-state index contributed by atoms with van der Waals surface area (Å²) in [7, 11) is 0. The van der Waals surface area contributed by atoms with E-state index < -0.39 is 0 Å². The van der Waals surface area contributed by atoms with Crippen LogP contribution in [0.25, 0.3) is 10.4 Å². The molecule has 1 amide bonds. The topological polar surface area (TPSA) is 83.8 Å². The highest BCUT2D eigenvalue weighted by Gasteiger charge is 2.18. The summed E-state index contributed by atoms with van der Waals surface area (Å²) in [6.45, 7) is 1.91. The predicted molar refractivity (Wildman–Crippen MR) is 71.1 cm³/mol. The van der Waals surface area contributed by atoms with Gasteiger partial charge in [0.15, 0.2) is 5.82 Å². The van der Waals surface area contributed by atoms with Gasteiger partial charge in [-0.25, -0.2) is 0 Å². The Morgan fingerprint density at radius 3 is 3.05 bits per heavy atom. The lowest BCUT2D eigenvalue weighted by molar-refractivity contribution is 0.0987. The maximum absolute atomic E-state index is 11.9. The van der Waals surface area contributed by atoms with Crippen molar-refractivity contribution in [3.05, 3.63) is 41.2 Å². The summed E-state index contributed by atoms with van der Waals surface area (Å²) in [5.74, 6) is 0.265. The van der Waals surface area contributed by atoms with Crippen LogP contribution in [-0.4, -0.2) is 21.3 Å². The summed E-state index contributed by atoms with van der Waals surface area (Å²) in [6, 6.07) is 5.43. The number of hydrogen-bond acceptors (Lipinski definition) is 5. The van der Waals surface area contributed by atoms with Gasteiger partial charge in [0, 0.05) is 16.6 Å². The van der Waals surface area contributed by atoms with Gasteiger partial charge in [0.2, 0.25) is 5.76 Å². The maximum atomic E-state index is 11.9. The first-order valence-corrected chi connectivity index (χ1v) is 6.44. The zero-order valence-corrected chi connectivity index (χ0v) is 10.8.